The maximum Gasteiger partial charge on any atom is 0.267 e. The van der Waals surface area contributed by atoms with Crippen molar-refractivity contribution in [2.24, 2.45) is 4.99 Å². The molecule has 1 aromatic heterocycles. The number of methoxy groups -OCH3 is 1. The van der Waals surface area contributed by atoms with Crippen LogP contribution in [0.4, 0.5) is 5.69 Å². The summed E-state index contributed by atoms with van der Waals surface area (Å²) in [5.74, 6) is 0.822. The minimum absolute atomic E-state index is 0.0100. The van der Waals surface area contributed by atoms with Gasteiger partial charge < -0.3 is 14.3 Å². The van der Waals surface area contributed by atoms with E-state index in [1.54, 1.807) is 35.4 Å². The molecular weight excluding hydrogens is 468 g/mol. The van der Waals surface area contributed by atoms with E-state index in [1.807, 2.05) is 36.4 Å². The number of amidine groups is 1. The third-order valence-electron chi connectivity index (χ3n) is 4.33. The number of furan rings is 1. The molecule has 0 saturated carbocycles. The fraction of sp³-hybridized carbons (Fsp3) is 0.0909. The van der Waals surface area contributed by atoms with E-state index in [1.165, 1.54) is 18.9 Å². The summed E-state index contributed by atoms with van der Waals surface area (Å²) < 4.78 is 11.1. The molecule has 0 unspecified atom stereocenters. The van der Waals surface area contributed by atoms with Gasteiger partial charge in [-0.1, -0.05) is 18.2 Å². The normalized spacial score (nSPS) is 16.6. The van der Waals surface area contributed by atoms with Gasteiger partial charge in [0.15, 0.2) is 16.7 Å². The Morgan fingerprint density at radius 1 is 1.23 bits per heavy atom. The lowest BCUT2D eigenvalue weighted by Crippen LogP contribution is -2.28. The Hall–Kier alpha value is -2.97. The lowest BCUT2D eigenvalue weighted by atomic mass is 10.2. The highest BCUT2D eigenvalue weighted by molar-refractivity contribution is 9.10. The molecule has 1 saturated heterocycles. The number of amides is 1. The van der Waals surface area contributed by atoms with E-state index in [0.717, 1.165) is 5.69 Å². The van der Waals surface area contributed by atoms with E-state index in [4.69, 9.17) is 9.15 Å². The number of halogens is 1. The van der Waals surface area contributed by atoms with Crippen molar-refractivity contribution in [3.8, 4) is 11.5 Å². The van der Waals surface area contributed by atoms with Gasteiger partial charge >= 0.3 is 0 Å². The van der Waals surface area contributed by atoms with E-state index in [9.17, 15) is 9.90 Å². The molecule has 1 amide bonds. The van der Waals surface area contributed by atoms with Crippen LogP contribution in [0.15, 0.2) is 79.6 Å². The molecule has 4 rings (SSSR count). The predicted octanol–water partition coefficient (Wildman–Crippen LogP) is 5.56. The highest BCUT2D eigenvalue weighted by Gasteiger charge is 2.34. The molecule has 0 aliphatic carbocycles. The number of phenols is 1. The third kappa shape index (κ3) is 4.29. The second-order valence-corrected chi connectivity index (χ2v) is 8.23. The number of thioether (sulfide) groups is 1. The van der Waals surface area contributed by atoms with Gasteiger partial charge in [0, 0.05) is 0 Å². The van der Waals surface area contributed by atoms with Crippen LogP contribution in [0.3, 0.4) is 0 Å². The number of phenolic OH excluding ortho intramolecular Hbond substituents is 1. The number of aromatic hydroxyl groups is 1. The van der Waals surface area contributed by atoms with Crippen molar-refractivity contribution < 1.29 is 19.1 Å². The Bertz CT molecular complexity index is 1130. The van der Waals surface area contributed by atoms with Crippen LogP contribution >= 0.6 is 27.7 Å². The van der Waals surface area contributed by atoms with Gasteiger partial charge in [-0.05, 0) is 75.7 Å². The van der Waals surface area contributed by atoms with E-state index in [2.05, 4.69) is 20.9 Å². The molecule has 30 heavy (non-hydrogen) atoms. The molecule has 6 nitrogen and oxygen atoms in total. The van der Waals surface area contributed by atoms with Crippen molar-refractivity contribution in [1.82, 2.24) is 4.90 Å². The lowest BCUT2D eigenvalue weighted by molar-refractivity contribution is -0.122. The molecular formula is C22H17BrN2O4S. The van der Waals surface area contributed by atoms with Crippen LogP contribution in [0.1, 0.15) is 11.3 Å². The summed E-state index contributed by atoms with van der Waals surface area (Å²) in [6, 6.07) is 16.5. The number of carbonyl (C=O) groups excluding carboxylic acids is 1. The molecule has 1 aliphatic rings. The summed E-state index contributed by atoms with van der Waals surface area (Å²) in [7, 11) is 1.48. The molecule has 0 atom stereocenters. The summed E-state index contributed by atoms with van der Waals surface area (Å²) >= 11 is 4.60. The zero-order valence-electron chi connectivity index (χ0n) is 15.9. The molecule has 1 N–H and O–H groups in total. The van der Waals surface area contributed by atoms with Gasteiger partial charge in [0.05, 0.1) is 35.0 Å². The van der Waals surface area contributed by atoms with Crippen molar-refractivity contribution >= 4 is 50.5 Å². The number of carbonyl (C=O) groups is 1. The predicted molar refractivity (Wildman–Crippen MR) is 121 cm³/mol. The summed E-state index contributed by atoms with van der Waals surface area (Å²) in [6.45, 7) is 0.282. The standard InChI is InChI=1S/C22H17BrN2O4S/c1-28-18-11-14(10-17(23)20(18)26)12-19-21(27)25(13-16-8-5-9-29-16)22(30-19)24-15-6-3-2-4-7-15/h2-12,26H,13H2,1H3/b19-12-,24-22?. The van der Waals surface area contributed by atoms with Crippen molar-refractivity contribution in [3.63, 3.8) is 0 Å². The van der Waals surface area contributed by atoms with Crippen LogP contribution in [0, 0.1) is 0 Å². The zero-order chi connectivity index (χ0) is 21.1. The Labute approximate surface area is 186 Å². The average molecular weight is 485 g/mol. The van der Waals surface area contributed by atoms with Crippen LogP contribution in [-0.2, 0) is 11.3 Å². The highest BCUT2D eigenvalue weighted by atomic mass is 79.9. The summed E-state index contributed by atoms with van der Waals surface area (Å²) in [6.07, 6.45) is 3.33. The van der Waals surface area contributed by atoms with Gasteiger partial charge in [0.25, 0.3) is 5.91 Å². The first-order valence-corrected chi connectivity index (χ1v) is 10.6. The van der Waals surface area contributed by atoms with Crippen molar-refractivity contribution in [3.05, 3.63) is 81.6 Å². The first kappa shape index (κ1) is 20.3. The molecule has 2 aromatic carbocycles. The second-order valence-electron chi connectivity index (χ2n) is 6.36. The fourth-order valence-corrected chi connectivity index (χ4v) is 4.34. The molecule has 152 valence electrons. The minimum Gasteiger partial charge on any atom is -0.503 e. The molecule has 2 heterocycles. The van der Waals surface area contributed by atoms with Crippen LogP contribution in [0.2, 0.25) is 0 Å². The number of rotatable bonds is 5. The molecule has 0 spiro atoms. The number of benzene rings is 2. The molecule has 8 heteroatoms. The molecule has 0 bridgehead atoms. The van der Waals surface area contributed by atoms with Crippen LogP contribution in [0.5, 0.6) is 11.5 Å². The molecule has 3 aromatic rings. The molecule has 1 fully saturated rings. The number of nitrogens with zero attached hydrogens (tertiary/aromatic N) is 2. The largest absolute Gasteiger partial charge is 0.503 e. The Balaban J connectivity index is 1.71. The van der Waals surface area contributed by atoms with Gasteiger partial charge in [0.1, 0.15) is 5.76 Å². The van der Waals surface area contributed by atoms with Gasteiger partial charge in [0.2, 0.25) is 0 Å². The smallest absolute Gasteiger partial charge is 0.267 e. The van der Waals surface area contributed by atoms with Crippen molar-refractivity contribution in [1.29, 1.82) is 0 Å². The van der Waals surface area contributed by atoms with E-state index in [-0.39, 0.29) is 18.2 Å². The summed E-state index contributed by atoms with van der Waals surface area (Å²) in [5, 5.41) is 10.6. The summed E-state index contributed by atoms with van der Waals surface area (Å²) in [5.41, 5.74) is 1.47. The van der Waals surface area contributed by atoms with Gasteiger partial charge in [-0.2, -0.15) is 0 Å². The summed E-state index contributed by atoms with van der Waals surface area (Å²) in [4.78, 5) is 19.9. The van der Waals surface area contributed by atoms with E-state index in [0.29, 0.717) is 31.6 Å². The van der Waals surface area contributed by atoms with Crippen LogP contribution in [-0.4, -0.2) is 28.2 Å². The Kier molecular flexibility index (Phi) is 5.96. The topological polar surface area (TPSA) is 75.3 Å². The number of hydrogen-bond donors (Lipinski definition) is 1. The molecule has 1 aliphatic heterocycles. The molecule has 0 radical (unpaired) electrons. The van der Waals surface area contributed by atoms with Crippen LogP contribution < -0.4 is 4.74 Å². The maximum absolute atomic E-state index is 13.2. The van der Waals surface area contributed by atoms with Crippen molar-refractivity contribution in [2.45, 2.75) is 6.54 Å². The fourth-order valence-electron chi connectivity index (χ4n) is 2.89. The number of ether oxygens (including phenoxy) is 1. The SMILES string of the molecule is COc1cc(/C=C2\SC(=Nc3ccccc3)N(Cc3ccco3)C2=O)cc(Br)c1O. The number of hydrogen-bond acceptors (Lipinski definition) is 6. The lowest BCUT2D eigenvalue weighted by Gasteiger charge is -2.13. The van der Waals surface area contributed by atoms with E-state index < -0.39 is 0 Å². The van der Waals surface area contributed by atoms with Crippen LogP contribution in [0.25, 0.3) is 6.08 Å². The first-order valence-electron chi connectivity index (χ1n) is 8.99. The quantitative estimate of drug-likeness (QED) is 0.479. The van der Waals surface area contributed by atoms with Gasteiger partial charge in [-0.25, -0.2) is 4.99 Å². The second kappa shape index (κ2) is 8.81. The zero-order valence-corrected chi connectivity index (χ0v) is 18.3. The maximum atomic E-state index is 13.2. The monoisotopic (exact) mass is 484 g/mol. The van der Waals surface area contributed by atoms with Gasteiger partial charge in [-0.3, -0.25) is 9.69 Å². The van der Waals surface area contributed by atoms with Crippen molar-refractivity contribution in [2.75, 3.05) is 7.11 Å². The Morgan fingerprint density at radius 2 is 2.03 bits per heavy atom. The Morgan fingerprint density at radius 3 is 2.73 bits per heavy atom. The first-order chi connectivity index (χ1) is 14.5. The van der Waals surface area contributed by atoms with E-state index >= 15 is 0 Å². The van der Waals surface area contributed by atoms with Gasteiger partial charge in [-0.15, -0.1) is 0 Å². The third-order valence-corrected chi connectivity index (χ3v) is 5.94. The minimum atomic E-state index is -0.172. The average Bonchev–Trinajstić information content (AvgIpc) is 3.36. The highest BCUT2D eigenvalue weighted by Crippen LogP contribution is 2.39. The number of aliphatic imine (C=N–C) groups is 1. The number of para-hydroxylation sites is 1.